The Morgan fingerprint density at radius 1 is 1.06 bits per heavy atom. The number of nitrogens with zero attached hydrogens (tertiary/aromatic N) is 1. The van der Waals surface area contributed by atoms with E-state index in [0.717, 1.165) is 5.56 Å². The van der Waals surface area contributed by atoms with Crippen molar-refractivity contribution in [1.82, 2.24) is 4.98 Å². The Morgan fingerprint density at radius 2 is 1.88 bits per heavy atom. The van der Waals surface area contributed by atoms with E-state index in [0.29, 0.717) is 17.2 Å². The van der Waals surface area contributed by atoms with Gasteiger partial charge in [-0.2, -0.15) is 0 Å². The van der Waals surface area contributed by atoms with Gasteiger partial charge in [0, 0.05) is 23.9 Å². The highest BCUT2D eigenvalue weighted by atomic mass is 19.1. The lowest BCUT2D eigenvalue weighted by molar-refractivity contribution is 0.395. The molecule has 1 aromatic carbocycles. The standard InChI is InChI=1S/C13H12FNO2/c1-16-10-3-4-11(13(8-10)17-2)12-7-9(14)5-6-15-12/h3-8H,1-2H3. The van der Waals surface area contributed by atoms with Gasteiger partial charge in [0.05, 0.1) is 19.9 Å². The number of aromatic nitrogens is 1. The Morgan fingerprint density at radius 3 is 2.53 bits per heavy atom. The number of hydrogen-bond donors (Lipinski definition) is 0. The van der Waals surface area contributed by atoms with Gasteiger partial charge in [-0.05, 0) is 18.2 Å². The molecule has 4 heteroatoms. The topological polar surface area (TPSA) is 31.4 Å². The van der Waals surface area contributed by atoms with Crippen LogP contribution >= 0.6 is 0 Å². The molecule has 88 valence electrons. The fourth-order valence-corrected chi connectivity index (χ4v) is 1.56. The van der Waals surface area contributed by atoms with Crippen molar-refractivity contribution < 1.29 is 13.9 Å². The van der Waals surface area contributed by atoms with Gasteiger partial charge in [-0.1, -0.05) is 0 Å². The minimum Gasteiger partial charge on any atom is -0.497 e. The molecule has 0 amide bonds. The maximum absolute atomic E-state index is 13.1. The lowest BCUT2D eigenvalue weighted by Gasteiger charge is -2.09. The molecule has 0 radical (unpaired) electrons. The van der Waals surface area contributed by atoms with Crippen LogP contribution < -0.4 is 9.47 Å². The van der Waals surface area contributed by atoms with Crippen LogP contribution in [-0.2, 0) is 0 Å². The van der Waals surface area contributed by atoms with Gasteiger partial charge in [0.2, 0.25) is 0 Å². The number of ether oxygens (including phenoxy) is 2. The fourth-order valence-electron chi connectivity index (χ4n) is 1.56. The number of hydrogen-bond acceptors (Lipinski definition) is 3. The van der Waals surface area contributed by atoms with E-state index in [1.807, 2.05) is 0 Å². The highest BCUT2D eigenvalue weighted by molar-refractivity contribution is 5.68. The highest BCUT2D eigenvalue weighted by Gasteiger charge is 2.09. The third-order valence-electron chi connectivity index (χ3n) is 2.41. The van der Waals surface area contributed by atoms with E-state index in [1.165, 1.54) is 18.3 Å². The molecule has 3 nitrogen and oxygen atoms in total. The number of halogens is 1. The summed E-state index contributed by atoms with van der Waals surface area (Å²) < 4.78 is 23.5. The van der Waals surface area contributed by atoms with Gasteiger partial charge in [-0.15, -0.1) is 0 Å². The molecule has 0 aliphatic heterocycles. The molecule has 0 unspecified atom stereocenters. The van der Waals surface area contributed by atoms with Crippen LogP contribution in [-0.4, -0.2) is 19.2 Å². The molecule has 0 saturated carbocycles. The number of rotatable bonds is 3. The zero-order valence-corrected chi connectivity index (χ0v) is 9.61. The van der Waals surface area contributed by atoms with Gasteiger partial charge in [0.25, 0.3) is 0 Å². The second kappa shape index (κ2) is 4.82. The minimum absolute atomic E-state index is 0.326. The van der Waals surface area contributed by atoms with Crippen molar-refractivity contribution in [3.63, 3.8) is 0 Å². The van der Waals surface area contributed by atoms with Gasteiger partial charge in [-0.25, -0.2) is 4.39 Å². The molecular formula is C13H12FNO2. The maximum atomic E-state index is 13.1. The van der Waals surface area contributed by atoms with Crippen LogP contribution in [0.4, 0.5) is 4.39 Å². The van der Waals surface area contributed by atoms with Gasteiger partial charge >= 0.3 is 0 Å². The summed E-state index contributed by atoms with van der Waals surface area (Å²) in [5, 5.41) is 0. The molecule has 0 atom stereocenters. The minimum atomic E-state index is -0.326. The summed E-state index contributed by atoms with van der Waals surface area (Å²) in [6, 6.07) is 7.98. The smallest absolute Gasteiger partial charge is 0.131 e. The second-order valence-electron chi connectivity index (χ2n) is 3.43. The van der Waals surface area contributed by atoms with Gasteiger partial charge in [0.15, 0.2) is 0 Å². The van der Waals surface area contributed by atoms with Crippen molar-refractivity contribution in [2.45, 2.75) is 0 Å². The van der Waals surface area contributed by atoms with Crippen LogP contribution in [0.2, 0.25) is 0 Å². The van der Waals surface area contributed by atoms with E-state index in [4.69, 9.17) is 9.47 Å². The van der Waals surface area contributed by atoms with E-state index in [-0.39, 0.29) is 5.82 Å². The second-order valence-corrected chi connectivity index (χ2v) is 3.43. The normalized spacial score (nSPS) is 10.1. The summed E-state index contributed by atoms with van der Waals surface area (Å²) in [6.07, 6.45) is 1.42. The number of methoxy groups -OCH3 is 2. The molecule has 0 fully saturated rings. The fraction of sp³-hybridized carbons (Fsp3) is 0.154. The van der Waals surface area contributed by atoms with E-state index in [2.05, 4.69) is 4.98 Å². The third-order valence-corrected chi connectivity index (χ3v) is 2.41. The summed E-state index contributed by atoms with van der Waals surface area (Å²) in [5.74, 6) is 0.956. The summed E-state index contributed by atoms with van der Waals surface area (Å²) in [5.41, 5.74) is 1.26. The lowest BCUT2D eigenvalue weighted by atomic mass is 10.1. The van der Waals surface area contributed by atoms with Crippen LogP contribution in [0, 0.1) is 5.82 Å². The predicted molar refractivity (Wildman–Crippen MR) is 62.7 cm³/mol. The van der Waals surface area contributed by atoms with E-state index < -0.39 is 0 Å². The van der Waals surface area contributed by atoms with Crippen molar-refractivity contribution in [2.24, 2.45) is 0 Å². The molecule has 0 bridgehead atoms. The Labute approximate surface area is 98.8 Å². The molecule has 1 heterocycles. The van der Waals surface area contributed by atoms with Crippen LogP contribution in [0.15, 0.2) is 36.5 Å². The predicted octanol–water partition coefficient (Wildman–Crippen LogP) is 2.90. The summed E-state index contributed by atoms with van der Waals surface area (Å²) >= 11 is 0. The summed E-state index contributed by atoms with van der Waals surface area (Å²) in [7, 11) is 3.13. The van der Waals surface area contributed by atoms with Crippen molar-refractivity contribution in [1.29, 1.82) is 0 Å². The first-order valence-corrected chi connectivity index (χ1v) is 5.08. The third kappa shape index (κ3) is 2.36. The lowest BCUT2D eigenvalue weighted by Crippen LogP contribution is -1.92. The molecule has 1 aromatic heterocycles. The molecule has 0 spiro atoms. The molecule has 0 N–H and O–H groups in total. The van der Waals surface area contributed by atoms with Crippen LogP contribution in [0.3, 0.4) is 0 Å². The van der Waals surface area contributed by atoms with E-state index in [9.17, 15) is 4.39 Å². The zero-order chi connectivity index (χ0) is 12.3. The average Bonchev–Trinajstić information content (AvgIpc) is 2.38. The molecular weight excluding hydrogens is 221 g/mol. The van der Waals surface area contributed by atoms with Crippen molar-refractivity contribution in [3.05, 3.63) is 42.3 Å². The van der Waals surface area contributed by atoms with Gasteiger partial charge in [0.1, 0.15) is 17.3 Å². The quantitative estimate of drug-likeness (QED) is 0.816. The van der Waals surface area contributed by atoms with Crippen molar-refractivity contribution in [3.8, 4) is 22.8 Å². The molecule has 0 aliphatic rings. The van der Waals surface area contributed by atoms with E-state index in [1.54, 1.807) is 32.4 Å². The largest absolute Gasteiger partial charge is 0.497 e. The maximum Gasteiger partial charge on any atom is 0.131 e. The molecule has 0 aliphatic carbocycles. The Hall–Kier alpha value is -2.10. The first-order chi connectivity index (χ1) is 8.24. The molecule has 2 rings (SSSR count). The number of pyridine rings is 1. The highest BCUT2D eigenvalue weighted by Crippen LogP contribution is 2.32. The van der Waals surface area contributed by atoms with Gasteiger partial charge < -0.3 is 9.47 Å². The van der Waals surface area contributed by atoms with Crippen molar-refractivity contribution >= 4 is 0 Å². The van der Waals surface area contributed by atoms with Crippen LogP contribution in [0.1, 0.15) is 0 Å². The first-order valence-electron chi connectivity index (χ1n) is 5.08. The zero-order valence-electron chi connectivity index (χ0n) is 9.61. The molecule has 17 heavy (non-hydrogen) atoms. The first kappa shape index (κ1) is 11.4. The summed E-state index contributed by atoms with van der Waals surface area (Å²) in [4.78, 5) is 4.11. The summed E-state index contributed by atoms with van der Waals surface area (Å²) in [6.45, 7) is 0. The Balaban J connectivity index is 2.51. The van der Waals surface area contributed by atoms with Crippen molar-refractivity contribution in [2.75, 3.05) is 14.2 Å². The van der Waals surface area contributed by atoms with E-state index >= 15 is 0 Å². The Bertz CT molecular complexity index is 529. The monoisotopic (exact) mass is 233 g/mol. The molecule has 0 saturated heterocycles. The average molecular weight is 233 g/mol. The molecule has 2 aromatic rings. The van der Waals surface area contributed by atoms with Crippen LogP contribution in [0.25, 0.3) is 11.3 Å². The number of benzene rings is 1. The van der Waals surface area contributed by atoms with Crippen LogP contribution in [0.5, 0.6) is 11.5 Å². The SMILES string of the molecule is COc1ccc(-c2cc(F)ccn2)c(OC)c1. The Kier molecular flexibility index (Phi) is 3.23. The van der Waals surface area contributed by atoms with Gasteiger partial charge in [-0.3, -0.25) is 4.98 Å².